The fraction of sp³-hybridized carbons (Fsp3) is 0.208. The molecular formula is C48H42N2O10. The molecule has 0 amide bonds. The van der Waals surface area contributed by atoms with E-state index in [1.807, 2.05) is 50.2 Å². The minimum absolute atomic E-state index is 0.00158. The highest BCUT2D eigenvalue weighted by Crippen LogP contribution is 2.40. The Hall–Kier alpha value is -7.34. The number of phenols is 2. The summed E-state index contributed by atoms with van der Waals surface area (Å²) in [6, 6.07) is 28.6. The van der Waals surface area contributed by atoms with E-state index in [-0.39, 0.29) is 82.4 Å². The fourth-order valence-electron chi connectivity index (χ4n) is 7.56. The van der Waals surface area contributed by atoms with Gasteiger partial charge in [0.15, 0.2) is 11.6 Å². The highest BCUT2D eigenvalue weighted by molar-refractivity contribution is 6.10. The molecule has 6 aromatic rings. The van der Waals surface area contributed by atoms with Crippen molar-refractivity contribution >= 4 is 22.9 Å². The molecule has 0 atom stereocenters. The summed E-state index contributed by atoms with van der Waals surface area (Å²) in [6.07, 6.45) is 2.00. The second kappa shape index (κ2) is 17.7. The molecule has 6 aromatic carbocycles. The van der Waals surface area contributed by atoms with E-state index < -0.39 is 9.85 Å². The number of ketones is 2. The van der Waals surface area contributed by atoms with Gasteiger partial charge in [0.05, 0.1) is 23.1 Å². The molecule has 12 nitrogen and oxygen atoms in total. The number of rotatable bonds is 12. The number of phenolic OH excluding ortho intramolecular Hbond substituents is 2. The van der Waals surface area contributed by atoms with E-state index in [0.29, 0.717) is 82.1 Å². The standard InChI is InChI=1S/C48H42N2O10/c1-3-19-59-47-31-7-5-8-32(47)22-36-26-40(44(52)30-13-17-42(18-14-30)50(57)58)28-38(46(36)54)24-34-10-6-9-33(48(34)60-20-4-2)23-37-27-39(25-35(21-31)45(37)53)43(51)29-11-15-41(16-12-29)49(55)56/h5-18,25-28,53-54H,3-4,19-24H2,1-2H3. The largest absolute Gasteiger partial charge is 0.507 e. The molecule has 0 saturated carbocycles. The Bertz CT molecular complexity index is 2360. The summed E-state index contributed by atoms with van der Waals surface area (Å²) >= 11 is 0. The number of ether oxygens (including phenoxy) is 2. The van der Waals surface area contributed by atoms with Crippen LogP contribution in [0, 0.1) is 20.2 Å². The van der Waals surface area contributed by atoms with Crippen LogP contribution in [-0.2, 0) is 25.7 Å². The van der Waals surface area contributed by atoms with Crippen LogP contribution < -0.4 is 9.47 Å². The van der Waals surface area contributed by atoms with Crippen LogP contribution in [0.15, 0.2) is 109 Å². The molecule has 0 fully saturated rings. The number of nitrogens with zero attached hydrogens (tertiary/aromatic N) is 2. The Morgan fingerprint density at radius 3 is 1.07 bits per heavy atom. The Kier molecular flexibility index (Phi) is 12.0. The third kappa shape index (κ3) is 8.58. The summed E-state index contributed by atoms with van der Waals surface area (Å²) < 4.78 is 12.8. The molecule has 0 saturated heterocycles. The van der Waals surface area contributed by atoms with Gasteiger partial charge in [0.1, 0.15) is 23.0 Å². The number of carbonyl (C=O) groups is 2. The lowest BCUT2D eigenvalue weighted by molar-refractivity contribution is -0.385. The zero-order valence-electron chi connectivity index (χ0n) is 33.1. The molecule has 304 valence electrons. The molecule has 0 spiro atoms. The van der Waals surface area contributed by atoms with Crippen LogP contribution in [-0.4, -0.2) is 44.8 Å². The Morgan fingerprint density at radius 1 is 0.500 bits per heavy atom. The predicted octanol–water partition coefficient (Wildman–Crippen LogP) is 9.63. The van der Waals surface area contributed by atoms with Crippen molar-refractivity contribution in [3.8, 4) is 23.0 Å². The van der Waals surface area contributed by atoms with Crippen molar-refractivity contribution in [1.82, 2.24) is 0 Å². The number of fused-ring (bicyclic) bond motifs is 8. The molecule has 0 aliphatic heterocycles. The van der Waals surface area contributed by atoms with Gasteiger partial charge in [0.2, 0.25) is 0 Å². The van der Waals surface area contributed by atoms with Gasteiger partial charge in [-0.25, -0.2) is 0 Å². The zero-order chi connectivity index (χ0) is 42.5. The van der Waals surface area contributed by atoms with Crippen LogP contribution >= 0.6 is 0 Å². The van der Waals surface area contributed by atoms with Crippen LogP contribution in [0.3, 0.4) is 0 Å². The normalized spacial score (nSPS) is 12.0. The smallest absolute Gasteiger partial charge is 0.269 e. The Morgan fingerprint density at radius 2 is 0.800 bits per heavy atom. The van der Waals surface area contributed by atoms with Crippen molar-refractivity contribution in [1.29, 1.82) is 0 Å². The zero-order valence-corrected chi connectivity index (χ0v) is 33.1. The minimum atomic E-state index is -0.527. The maximum absolute atomic E-state index is 14.1. The topological polar surface area (TPSA) is 179 Å². The number of aromatic hydroxyl groups is 2. The Balaban J connectivity index is 1.43. The van der Waals surface area contributed by atoms with Gasteiger partial charge in [-0.3, -0.25) is 29.8 Å². The van der Waals surface area contributed by atoms with E-state index in [2.05, 4.69) is 0 Å². The number of benzene rings is 6. The molecule has 12 heteroatoms. The number of non-ortho nitro benzene ring substituents is 2. The first-order valence-electron chi connectivity index (χ1n) is 19.7. The van der Waals surface area contributed by atoms with Crippen LogP contribution in [0.25, 0.3) is 0 Å². The summed E-state index contributed by atoms with van der Waals surface area (Å²) in [5.74, 6) is 0.321. The first-order valence-corrected chi connectivity index (χ1v) is 19.7. The van der Waals surface area contributed by atoms with Crippen LogP contribution in [0.5, 0.6) is 23.0 Å². The molecule has 1 aliphatic rings. The summed E-state index contributed by atoms with van der Waals surface area (Å²) in [6.45, 7) is 4.69. The van der Waals surface area contributed by atoms with Crippen molar-refractivity contribution in [2.24, 2.45) is 0 Å². The highest BCUT2D eigenvalue weighted by atomic mass is 16.6. The molecule has 0 aromatic heterocycles. The van der Waals surface area contributed by atoms with Crippen molar-refractivity contribution in [3.05, 3.63) is 196 Å². The first-order chi connectivity index (χ1) is 28.9. The molecule has 60 heavy (non-hydrogen) atoms. The number of nitro benzene ring substituents is 2. The summed E-state index contributed by atoms with van der Waals surface area (Å²) in [5.41, 5.74) is 5.45. The van der Waals surface area contributed by atoms with Crippen LogP contribution in [0.4, 0.5) is 11.4 Å². The summed E-state index contributed by atoms with van der Waals surface area (Å²) in [7, 11) is 0. The molecule has 7 rings (SSSR count). The van der Waals surface area contributed by atoms with E-state index in [4.69, 9.17) is 9.47 Å². The predicted molar refractivity (Wildman–Crippen MR) is 225 cm³/mol. The molecule has 1 aliphatic carbocycles. The summed E-state index contributed by atoms with van der Waals surface area (Å²) in [4.78, 5) is 49.8. The third-order valence-corrected chi connectivity index (χ3v) is 10.5. The average Bonchev–Trinajstić information content (AvgIpc) is 3.25. The van der Waals surface area contributed by atoms with Crippen molar-refractivity contribution in [2.75, 3.05) is 13.2 Å². The van der Waals surface area contributed by atoms with Gasteiger partial charge in [0, 0.05) is 72.2 Å². The second-order valence-corrected chi connectivity index (χ2v) is 14.8. The highest BCUT2D eigenvalue weighted by Gasteiger charge is 2.24. The Labute approximate surface area is 346 Å². The van der Waals surface area contributed by atoms with Crippen molar-refractivity contribution < 1.29 is 39.1 Å². The lowest BCUT2D eigenvalue weighted by Crippen LogP contribution is -2.09. The maximum Gasteiger partial charge on any atom is 0.269 e. The third-order valence-electron chi connectivity index (χ3n) is 10.5. The van der Waals surface area contributed by atoms with Crippen molar-refractivity contribution in [3.63, 3.8) is 0 Å². The van der Waals surface area contributed by atoms with Crippen LogP contribution in [0.2, 0.25) is 0 Å². The first kappa shape index (κ1) is 40.8. The van der Waals surface area contributed by atoms with Gasteiger partial charge >= 0.3 is 0 Å². The van der Waals surface area contributed by atoms with Gasteiger partial charge in [-0.1, -0.05) is 50.2 Å². The van der Waals surface area contributed by atoms with Gasteiger partial charge in [-0.05, 0) is 106 Å². The number of hydrogen-bond donors (Lipinski definition) is 2. The lowest BCUT2D eigenvalue weighted by atomic mass is 9.88. The van der Waals surface area contributed by atoms with Crippen molar-refractivity contribution in [2.45, 2.75) is 52.4 Å². The number of para-hydroxylation sites is 2. The van der Waals surface area contributed by atoms with E-state index in [0.717, 1.165) is 0 Å². The molecule has 2 N–H and O–H groups in total. The van der Waals surface area contributed by atoms with Gasteiger partial charge in [0.25, 0.3) is 11.4 Å². The molecule has 0 heterocycles. The molecular weight excluding hydrogens is 765 g/mol. The summed E-state index contributed by atoms with van der Waals surface area (Å²) in [5, 5.41) is 46.7. The minimum Gasteiger partial charge on any atom is -0.507 e. The SMILES string of the molecule is CCCOc1c2cccc1Cc1cc(C(=O)c3ccc([N+](=O)[O-])cc3)cc(c1O)Cc1cccc(c1OCCC)Cc1cc(C(=O)c3ccc([N+](=O)[O-])cc3)cc(c1O)C2. The van der Waals surface area contributed by atoms with Gasteiger partial charge in [-0.15, -0.1) is 0 Å². The van der Waals surface area contributed by atoms with E-state index >= 15 is 0 Å². The van der Waals surface area contributed by atoms with E-state index in [9.17, 15) is 40.0 Å². The average molecular weight is 807 g/mol. The lowest BCUT2D eigenvalue weighted by Gasteiger charge is -2.21. The number of hydrogen-bond acceptors (Lipinski definition) is 10. The maximum atomic E-state index is 14.1. The quantitative estimate of drug-likeness (QED) is 0.0686. The fourth-order valence-corrected chi connectivity index (χ4v) is 7.56. The van der Waals surface area contributed by atoms with Gasteiger partial charge in [-0.2, -0.15) is 0 Å². The molecule has 8 bridgehead atoms. The number of carbonyl (C=O) groups excluding carboxylic acids is 2. The van der Waals surface area contributed by atoms with Crippen LogP contribution in [0.1, 0.15) is 103 Å². The van der Waals surface area contributed by atoms with Gasteiger partial charge < -0.3 is 19.7 Å². The van der Waals surface area contributed by atoms with E-state index in [1.54, 1.807) is 24.3 Å². The second-order valence-electron chi connectivity index (χ2n) is 14.8. The molecule has 0 radical (unpaired) electrons. The van der Waals surface area contributed by atoms with E-state index in [1.165, 1.54) is 48.5 Å². The molecule has 0 unspecified atom stereocenters. The number of nitro groups is 2. The monoisotopic (exact) mass is 806 g/mol.